The van der Waals surface area contributed by atoms with Gasteiger partial charge < -0.3 is 30.7 Å². The van der Waals surface area contributed by atoms with Gasteiger partial charge in [0.2, 0.25) is 0 Å². The Morgan fingerprint density at radius 1 is 1.16 bits per heavy atom. The molecule has 198 valence electrons. The maximum Gasteiger partial charge on any atom is 0.408 e. The molecule has 1 aromatic heterocycles. The van der Waals surface area contributed by atoms with Crippen molar-refractivity contribution in [3.63, 3.8) is 0 Å². The first-order valence-corrected chi connectivity index (χ1v) is 12.5. The van der Waals surface area contributed by atoms with E-state index >= 15 is 0 Å². The summed E-state index contributed by atoms with van der Waals surface area (Å²) < 4.78 is 6.55. The average Bonchev–Trinajstić information content (AvgIpc) is 3.36. The van der Waals surface area contributed by atoms with Crippen LogP contribution in [0.1, 0.15) is 45.8 Å². The van der Waals surface area contributed by atoms with E-state index in [0.29, 0.717) is 31.2 Å². The molecule has 1 fully saturated rings. The van der Waals surface area contributed by atoms with Crippen molar-refractivity contribution in [3.05, 3.63) is 53.3 Å². The van der Waals surface area contributed by atoms with Crippen molar-refractivity contribution in [1.29, 1.82) is 0 Å². The Kier molecular flexibility index (Phi) is 8.72. The fourth-order valence-corrected chi connectivity index (χ4v) is 4.46. The number of carbonyl (C=O) groups is 4. The normalized spacial score (nSPS) is 16.5. The molecule has 1 saturated heterocycles. The maximum absolute atomic E-state index is 12.9. The predicted octanol–water partition coefficient (Wildman–Crippen LogP) is 0.838. The number of piperidine rings is 1. The van der Waals surface area contributed by atoms with Crippen molar-refractivity contribution >= 4 is 23.9 Å². The summed E-state index contributed by atoms with van der Waals surface area (Å²) in [6, 6.07) is 8.96. The summed E-state index contributed by atoms with van der Waals surface area (Å²) in [6.45, 7) is 3.29. The standard InChI is InChI=1S/C25H32N6O6/c32-22(27-15-20(24(34)35)28-25(36)37-16-18-4-2-1-3-5-18)19-14-21-23(33)30(12-13-31(21)29-19)11-8-17-6-9-26-10-7-17/h1-5,14,17,20,26H,6-13,15-16H2,(H,27,32)(H,28,36)(H,34,35)/t20-/m0/s1. The number of carbonyl (C=O) groups excluding carboxylic acids is 3. The van der Waals surface area contributed by atoms with Gasteiger partial charge in [-0.1, -0.05) is 30.3 Å². The predicted molar refractivity (Wildman–Crippen MR) is 132 cm³/mol. The Labute approximate surface area is 214 Å². The van der Waals surface area contributed by atoms with E-state index in [1.807, 2.05) is 6.07 Å². The second kappa shape index (κ2) is 12.3. The Morgan fingerprint density at radius 2 is 1.92 bits per heavy atom. The third-order valence-corrected chi connectivity index (χ3v) is 6.64. The van der Waals surface area contributed by atoms with Crippen LogP contribution in [0.2, 0.25) is 0 Å². The molecule has 0 unspecified atom stereocenters. The fourth-order valence-electron chi connectivity index (χ4n) is 4.46. The van der Waals surface area contributed by atoms with E-state index in [-0.39, 0.29) is 24.8 Å². The van der Waals surface area contributed by atoms with Crippen molar-refractivity contribution in [3.8, 4) is 0 Å². The van der Waals surface area contributed by atoms with Gasteiger partial charge in [0.25, 0.3) is 11.8 Å². The van der Waals surface area contributed by atoms with E-state index in [0.717, 1.165) is 37.9 Å². The lowest BCUT2D eigenvalue weighted by Gasteiger charge is -2.30. The molecular weight excluding hydrogens is 480 g/mol. The molecule has 1 atom stereocenters. The number of benzene rings is 1. The van der Waals surface area contributed by atoms with Crippen LogP contribution in [0.15, 0.2) is 36.4 Å². The summed E-state index contributed by atoms with van der Waals surface area (Å²) in [5, 5.41) is 21.7. The van der Waals surface area contributed by atoms with E-state index in [9.17, 15) is 24.3 Å². The van der Waals surface area contributed by atoms with E-state index in [1.165, 1.54) is 10.7 Å². The molecule has 4 N–H and O–H groups in total. The van der Waals surface area contributed by atoms with Gasteiger partial charge in [-0.05, 0) is 43.8 Å². The number of aromatic nitrogens is 2. The van der Waals surface area contributed by atoms with Crippen molar-refractivity contribution < 1.29 is 29.0 Å². The molecule has 0 aliphatic carbocycles. The number of carboxylic acid groups (broad SMARTS) is 1. The maximum atomic E-state index is 12.9. The van der Waals surface area contributed by atoms with Crippen LogP contribution in [0.3, 0.4) is 0 Å². The van der Waals surface area contributed by atoms with Crippen LogP contribution >= 0.6 is 0 Å². The number of rotatable bonds is 10. The summed E-state index contributed by atoms with van der Waals surface area (Å²) in [4.78, 5) is 51.0. The number of alkyl carbamates (subject to hydrolysis) is 1. The zero-order valence-corrected chi connectivity index (χ0v) is 20.5. The zero-order valence-electron chi connectivity index (χ0n) is 20.5. The second-order valence-electron chi connectivity index (χ2n) is 9.22. The highest BCUT2D eigenvalue weighted by Gasteiger charge is 2.29. The molecule has 0 bridgehead atoms. The molecule has 37 heavy (non-hydrogen) atoms. The topological polar surface area (TPSA) is 155 Å². The molecule has 3 amide bonds. The molecule has 0 spiro atoms. The van der Waals surface area contributed by atoms with Gasteiger partial charge in [0.15, 0.2) is 5.69 Å². The summed E-state index contributed by atoms with van der Waals surface area (Å²) in [5.74, 6) is -1.53. The minimum absolute atomic E-state index is 0.0133. The number of nitrogens with one attached hydrogen (secondary N) is 3. The number of hydrogen-bond donors (Lipinski definition) is 4. The van der Waals surface area contributed by atoms with Crippen LogP contribution in [0.5, 0.6) is 0 Å². The molecule has 0 radical (unpaired) electrons. The highest BCUT2D eigenvalue weighted by atomic mass is 16.5. The second-order valence-corrected chi connectivity index (χ2v) is 9.22. The van der Waals surface area contributed by atoms with Crippen LogP contribution in [0, 0.1) is 5.92 Å². The van der Waals surface area contributed by atoms with E-state index in [2.05, 4.69) is 21.0 Å². The fraction of sp³-hybridized carbons (Fsp3) is 0.480. The van der Waals surface area contributed by atoms with Crippen LogP contribution in [0.4, 0.5) is 4.79 Å². The van der Waals surface area contributed by atoms with Crippen molar-refractivity contribution in [1.82, 2.24) is 30.6 Å². The summed E-state index contributed by atoms with van der Waals surface area (Å²) >= 11 is 0. The van der Waals surface area contributed by atoms with E-state index in [4.69, 9.17) is 4.74 Å². The zero-order chi connectivity index (χ0) is 26.2. The third-order valence-electron chi connectivity index (χ3n) is 6.64. The highest BCUT2D eigenvalue weighted by Crippen LogP contribution is 2.19. The number of carboxylic acids is 1. The number of nitrogens with zero attached hydrogens (tertiary/aromatic N) is 3. The quantitative estimate of drug-likeness (QED) is 0.365. The van der Waals surface area contributed by atoms with Gasteiger partial charge in [-0.15, -0.1) is 0 Å². The van der Waals surface area contributed by atoms with Crippen molar-refractivity contribution in [2.75, 3.05) is 32.7 Å². The Bertz CT molecular complexity index is 1110. The SMILES string of the molecule is O=C(N[C@@H](CNC(=O)c1cc2n(n1)CCN(CCC1CCNCC1)C2=O)C(=O)O)OCc1ccccc1. The van der Waals surface area contributed by atoms with Gasteiger partial charge in [0.05, 0.1) is 6.54 Å². The van der Waals surface area contributed by atoms with Crippen LogP contribution < -0.4 is 16.0 Å². The first-order chi connectivity index (χ1) is 17.9. The Morgan fingerprint density at radius 3 is 2.65 bits per heavy atom. The molecule has 4 rings (SSSR count). The monoisotopic (exact) mass is 512 g/mol. The number of hydrogen-bond acceptors (Lipinski definition) is 7. The molecule has 2 aromatic rings. The van der Waals surface area contributed by atoms with Crippen LogP contribution in [0.25, 0.3) is 0 Å². The van der Waals surface area contributed by atoms with Gasteiger partial charge >= 0.3 is 12.1 Å². The molecule has 3 heterocycles. The lowest BCUT2D eigenvalue weighted by molar-refractivity contribution is -0.139. The van der Waals surface area contributed by atoms with Crippen LogP contribution in [-0.4, -0.2) is 82.4 Å². The average molecular weight is 513 g/mol. The number of aliphatic carboxylic acids is 1. The van der Waals surface area contributed by atoms with Gasteiger partial charge in [0.1, 0.15) is 18.3 Å². The van der Waals surface area contributed by atoms with Gasteiger partial charge in [0, 0.05) is 25.7 Å². The summed E-state index contributed by atoms with van der Waals surface area (Å²) in [6.07, 6.45) is 2.26. The molecule has 1 aromatic carbocycles. The Balaban J connectivity index is 1.27. The number of fused-ring (bicyclic) bond motifs is 1. The summed E-state index contributed by atoms with van der Waals surface area (Å²) in [5.41, 5.74) is 1.10. The lowest BCUT2D eigenvalue weighted by atomic mass is 9.94. The van der Waals surface area contributed by atoms with Gasteiger partial charge in [-0.2, -0.15) is 5.10 Å². The first-order valence-electron chi connectivity index (χ1n) is 12.5. The number of amides is 3. The largest absolute Gasteiger partial charge is 0.480 e. The molecule has 0 saturated carbocycles. The van der Waals surface area contributed by atoms with E-state index in [1.54, 1.807) is 29.2 Å². The van der Waals surface area contributed by atoms with Crippen LogP contribution in [-0.2, 0) is 22.7 Å². The van der Waals surface area contributed by atoms with Crippen molar-refractivity contribution in [2.45, 2.75) is 38.5 Å². The molecule has 12 nitrogen and oxygen atoms in total. The van der Waals surface area contributed by atoms with Gasteiger partial charge in [-0.3, -0.25) is 14.3 Å². The molecule has 2 aliphatic heterocycles. The molecular formula is C25H32N6O6. The first kappa shape index (κ1) is 26.1. The highest BCUT2D eigenvalue weighted by molar-refractivity contribution is 5.98. The van der Waals surface area contributed by atoms with Crippen molar-refractivity contribution in [2.24, 2.45) is 5.92 Å². The van der Waals surface area contributed by atoms with E-state index < -0.39 is 24.0 Å². The Hall–Kier alpha value is -3.93. The number of ether oxygens (including phenoxy) is 1. The minimum atomic E-state index is -1.41. The lowest BCUT2D eigenvalue weighted by Crippen LogP contribution is -2.48. The summed E-state index contributed by atoms with van der Waals surface area (Å²) in [7, 11) is 0. The smallest absolute Gasteiger partial charge is 0.408 e. The minimum Gasteiger partial charge on any atom is -0.480 e. The van der Waals surface area contributed by atoms with Gasteiger partial charge in [-0.25, -0.2) is 9.59 Å². The molecule has 12 heteroatoms. The molecule has 2 aliphatic rings. The third kappa shape index (κ3) is 7.06.